The summed E-state index contributed by atoms with van der Waals surface area (Å²) in [6.07, 6.45) is 7.29. The molecule has 1 aliphatic rings. The smallest absolute Gasteiger partial charge is 0.228 e. The first-order valence-electron chi connectivity index (χ1n) is 8.73. The number of benzene rings is 1. The predicted octanol–water partition coefficient (Wildman–Crippen LogP) is 3.15. The first kappa shape index (κ1) is 16.7. The molecule has 0 radical (unpaired) electrons. The second-order valence-corrected chi connectivity index (χ2v) is 6.69. The van der Waals surface area contributed by atoms with E-state index >= 15 is 0 Å². The molecular formula is C19H25N3O2. The van der Waals surface area contributed by atoms with Gasteiger partial charge in [0, 0.05) is 12.6 Å². The van der Waals surface area contributed by atoms with Crippen molar-refractivity contribution in [2.24, 2.45) is 0 Å². The first-order chi connectivity index (χ1) is 11.6. The molecule has 5 heteroatoms. The molecular weight excluding hydrogens is 302 g/mol. The predicted molar refractivity (Wildman–Crippen MR) is 93.7 cm³/mol. The van der Waals surface area contributed by atoms with E-state index in [2.05, 4.69) is 22.5 Å². The van der Waals surface area contributed by atoms with Gasteiger partial charge in [0.05, 0.1) is 18.2 Å². The van der Waals surface area contributed by atoms with Crippen LogP contribution >= 0.6 is 0 Å². The van der Waals surface area contributed by atoms with Gasteiger partial charge in [-0.3, -0.25) is 4.79 Å². The van der Waals surface area contributed by atoms with E-state index in [1.54, 1.807) is 16.9 Å². The highest BCUT2D eigenvalue weighted by Crippen LogP contribution is 2.31. The molecule has 0 unspecified atom stereocenters. The zero-order valence-electron chi connectivity index (χ0n) is 13.9. The minimum atomic E-state index is -0.836. The molecule has 1 saturated carbocycles. The number of nitrogens with one attached hydrogen (secondary N) is 1. The Kier molecular flexibility index (Phi) is 5.30. The quantitative estimate of drug-likeness (QED) is 0.856. The van der Waals surface area contributed by atoms with Crippen LogP contribution in [0.15, 0.2) is 42.6 Å². The SMILES string of the molecule is O=C(CC1(O)CCCCC1)Nc1ccnn1CCc1ccccc1. The van der Waals surface area contributed by atoms with Crippen molar-refractivity contribution < 1.29 is 9.90 Å². The fourth-order valence-corrected chi connectivity index (χ4v) is 3.37. The Labute approximate surface area is 142 Å². The number of rotatable bonds is 6. The van der Waals surface area contributed by atoms with Crippen LogP contribution in [0.4, 0.5) is 5.82 Å². The molecule has 2 N–H and O–H groups in total. The van der Waals surface area contributed by atoms with Crippen LogP contribution in [0, 0.1) is 0 Å². The van der Waals surface area contributed by atoms with Crippen LogP contribution < -0.4 is 5.32 Å². The van der Waals surface area contributed by atoms with E-state index in [0.29, 0.717) is 25.2 Å². The van der Waals surface area contributed by atoms with Gasteiger partial charge in [-0.15, -0.1) is 0 Å². The van der Waals surface area contributed by atoms with Crippen LogP contribution in [0.1, 0.15) is 44.1 Å². The summed E-state index contributed by atoms with van der Waals surface area (Å²) in [5.74, 6) is 0.552. The molecule has 1 aliphatic carbocycles. The van der Waals surface area contributed by atoms with Crippen LogP contribution in [0.25, 0.3) is 0 Å². The van der Waals surface area contributed by atoms with Crippen LogP contribution in [0.5, 0.6) is 0 Å². The maximum atomic E-state index is 12.3. The molecule has 1 fully saturated rings. The Morgan fingerprint density at radius 1 is 1.17 bits per heavy atom. The van der Waals surface area contributed by atoms with Crippen molar-refractivity contribution in [1.29, 1.82) is 0 Å². The summed E-state index contributed by atoms with van der Waals surface area (Å²) in [5.41, 5.74) is 0.402. The number of carbonyl (C=O) groups excluding carboxylic acids is 1. The summed E-state index contributed by atoms with van der Waals surface area (Å²) in [7, 11) is 0. The minimum Gasteiger partial charge on any atom is -0.389 e. The molecule has 1 heterocycles. The van der Waals surface area contributed by atoms with Gasteiger partial charge in [-0.1, -0.05) is 49.6 Å². The number of amides is 1. The lowest BCUT2D eigenvalue weighted by Crippen LogP contribution is -2.36. The van der Waals surface area contributed by atoms with Gasteiger partial charge in [0.15, 0.2) is 0 Å². The van der Waals surface area contributed by atoms with Gasteiger partial charge in [-0.2, -0.15) is 5.10 Å². The monoisotopic (exact) mass is 327 g/mol. The van der Waals surface area contributed by atoms with E-state index in [1.807, 2.05) is 18.2 Å². The average molecular weight is 327 g/mol. The second kappa shape index (κ2) is 7.62. The molecule has 0 spiro atoms. The van der Waals surface area contributed by atoms with Gasteiger partial charge in [0.25, 0.3) is 0 Å². The number of aromatic nitrogens is 2. The number of aryl methyl sites for hydroxylation is 2. The highest BCUT2D eigenvalue weighted by atomic mass is 16.3. The van der Waals surface area contributed by atoms with Crippen molar-refractivity contribution in [3.05, 3.63) is 48.2 Å². The number of hydrogen-bond donors (Lipinski definition) is 2. The fraction of sp³-hybridized carbons (Fsp3) is 0.474. The van der Waals surface area contributed by atoms with Crippen LogP contribution in [-0.2, 0) is 17.8 Å². The van der Waals surface area contributed by atoms with Gasteiger partial charge in [-0.05, 0) is 24.8 Å². The third-order valence-corrected chi connectivity index (χ3v) is 4.71. The van der Waals surface area contributed by atoms with Gasteiger partial charge in [0.2, 0.25) is 5.91 Å². The Balaban J connectivity index is 1.55. The second-order valence-electron chi connectivity index (χ2n) is 6.69. The van der Waals surface area contributed by atoms with Gasteiger partial charge in [0.1, 0.15) is 5.82 Å². The molecule has 1 amide bonds. The summed E-state index contributed by atoms with van der Waals surface area (Å²) in [6, 6.07) is 12.0. The molecule has 2 aromatic rings. The Morgan fingerprint density at radius 2 is 1.92 bits per heavy atom. The molecule has 1 aromatic carbocycles. The number of aliphatic hydroxyl groups is 1. The molecule has 0 saturated heterocycles. The third-order valence-electron chi connectivity index (χ3n) is 4.71. The molecule has 5 nitrogen and oxygen atoms in total. The van der Waals surface area contributed by atoms with Crippen molar-refractivity contribution in [3.8, 4) is 0 Å². The maximum absolute atomic E-state index is 12.3. The van der Waals surface area contributed by atoms with Crippen molar-refractivity contribution in [1.82, 2.24) is 9.78 Å². The third kappa shape index (κ3) is 4.45. The van der Waals surface area contributed by atoms with Crippen molar-refractivity contribution >= 4 is 11.7 Å². The van der Waals surface area contributed by atoms with Gasteiger partial charge >= 0.3 is 0 Å². The zero-order valence-corrected chi connectivity index (χ0v) is 13.9. The van der Waals surface area contributed by atoms with E-state index in [1.165, 1.54) is 5.56 Å². The molecule has 128 valence electrons. The van der Waals surface area contributed by atoms with Gasteiger partial charge < -0.3 is 10.4 Å². The summed E-state index contributed by atoms with van der Waals surface area (Å²) in [5, 5.41) is 17.7. The highest BCUT2D eigenvalue weighted by Gasteiger charge is 2.31. The minimum absolute atomic E-state index is 0.138. The molecule has 1 aromatic heterocycles. The van der Waals surface area contributed by atoms with E-state index in [0.717, 1.165) is 25.7 Å². The first-order valence-corrected chi connectivity index (χ1v) is 8.73. The lowest BCUT2D eigenvalue weighted by Gasteiger charge is -2.31. The summed E-state index contributed by atoms with van der Waals surface area (Å²) in [4.78, 5) is 12.3. The number of carbonyl (C=O) groups is 1. The van der Waals surface area contributed by atoms with E-state index in [9.17, 15) is 9.90 Å². The van der Waals surface area contributed by atoms with Crippen LogP contribution in [-0.4, -0.2) is 26.4 Å². The summed E-state index contributed by atoms with van der Waals surface area (Å²) < 4.78 is 1.80. The highest BCUT2D eigenvalue weighted by molar-refractivity contribution is 5.90. The fourth-order valence-electron chi connectivity index (χ4n) is 3.37. The van der Waals surface area contributed by atoms with Gasteiger partial charge in [-0.25, -0.2) is 4.68 Å². The van der Waals surface area contributed by atoms with E-state index in [-0.39, 0.29) is 12.3 Å². The standard InChI is InChI=1S/C19H25N3O2/c23-18(15-19(24)11-5-2-6-12-19)21-17-9-13-20-22(17)14-10-16-7-3-1-4-8-16/h1,3-4,7-9,13,24H,2,5-6,10-12,14-15H2,(H,21,23). The van der Waals surface area contributed by atoms with E-state index in [4.69, 9.17) is 0 Å². The Morgan fingerprint density at radius 3 is 2.67 bits per heavy atom. The molecule has 0 aliphatic heterocycles. The van der Waals surface area contributed by atoms with Crippen molar-refractivity contribution in [2.75, 3.05) is 5.32 Å². The molecule has 0 atom stereocenters. The number of anilines is 1. The number of nitrogens with zero attached hydrogens (tertiary/aromatic N) is 2. The average Bonchev–Trinajstić information content (AvgIpc) is 3.01. The summed E-state index contributed by atoms with van der Waals surface area (Å²) >= 11 is 0. The van der Waals surface area contributed by atoms with Crippen molar-refractivity contribution in [2.45, 2.75) is 57.1 Å². The molecule has 24 heavy (non-hydrogen) atoms. The normalized spacial score (nSPS) is 16.7. The zero-order chi connectivity index (χ0) is 16.8. The molecule has 0 bridgehead atoms. The lowest BCUT2D eigenvalue weighted by molar-refractivity contribution is -0.122. The number of hydrogen-bond acceptors (Lipinski definition) is 3. The van der Waals surface area contributed by atoms with Crippen LogP contribution in [0.3, 0.4) is 0 Å². The topological polar surface area (TPSA) is 67.2 Å². The summed E-state index contributed by atoms with van der Waals surface area (Å²) in [6.45, 7) is 0.705. The lowest BCUT2D eigenvalue weighted by atomic mass is 9.82. The Hall–Kier alpha value is -2.14. The largest absolute Gasteiger partial charge is 0.389 e. The Bertz CT molecular complexity index is 660. The van der Waals surface area contributed by atoms with E-state index < -0.39 is 5.60 Å². The maximum Gasteiger partial charge on any atom is 0.228 e. The van der Waals surface area contributed by atoms with Crippen LogP contribution in [0.2, 0.25) is 0 Å². The van der Waals surface area contributed by atoms with Crippen molar-refractivity contribution in [3.63, 3.8) is 0 Å². The molecule has 3 rings (SSSR count).